The molecule has 0 radical (unpaired) electrons. The highest BCUT2D eigenvalue weighted by molar-refractivity contribution is 6.55. The van der Waals surface area contributed by atoms with Crippen LogP contribution in [0.15, 0.2) is 59.6 Å². The molecule has 0 saturated carbocycles. The molecule has 1 saturated heterocycles. The van der Waals surface area contributed by atoms with Crippen molar-refractivity contribution >= 4 is 23.0 Å². The number of hydrogen-bond acceptors (Lipinski definition) is 5. The van der Waals surface area contributed by atoms with Gasteiger partial charge in [0.15, 0.2) is 5.78 Å². The van der Waals surface area contributed by atoms with Crippen LogP contribution >= 0.6 is 0 Å². The van der Waals surface area contributed by atoms with Gasteiger partial charge < -0.3 is 4.90 Å². The summed E-state index contributed by atoms with van der Waals surface area (Å²) in [4.78, 5) is 35.7. The van der Waals surface area contributed by atoms with E-state index in [4.69, 9.17) is 0 Å². The fourth-order valence-electron chi connectivity index (χ4n) is 3.86. The van der Waals surface area contributed by atoms with Crippen molar-refractivity contribution in [3.63, 3.8) is 0 Å². The van der Waals surface area contributed by atoms with E-state index >= 15 is 0 Å². The zero-order valence-electron chi connectivity index (χ0n) is 15.5. The number of benzene rings is 2. The molecule has 1 aliphatic heterocycles. The highest BCUT2D eigenvalue weighted by Gasteiger charge is 2.42. The molecule has 1 aliphatic carbocycles. The smallest absolute Gasteiger partial charge is 0.210 e. The third-order valence-electron chi connectivity index (χ3n) is 5.40. The maximum absolute atomic E-state index is 13.3. The highest BCUT2D eigenvalue weighted by atomic mass is 16.1. The van der Waals surface area contributed by atoms with Crippen LogP contribution in [0.4, 0.5) is 5.69 Å². The van der Waals surface area contributed by atoms with Crippen molar-refractivity contribution in [2.24, 2.45) is 4.99 Å². The van der Waals surface area contributed by atoms with Gasteiger partial charge in [-0.1, -0.05) is 49.4 Å². The molecule has 4 rings (SSSR count). The third-order valence-corrected chi connectivity index (χ3v) is 5.40. The van der Waals surface area contributed by atoms with Gasteiger partial charge in [0.05, 0.1) is 5.69 Å². The molecule has 5 nitrogen and oxygen atoms in total. The number of ketones is 2. The molecule has 2 aliphatic rings. The van der Waals surface area contributed by atoms with Gasteiger partial charge in [0, 0.05) is 37.3 Å². The Kier molecular flexibility index (Phi) is 4.97. The van der Waals surface area contributed by atoms with E-state index in [1.165, 1.54) is 0 Å². The van der Waals surface area contributed by atoms with Crippen molar-refractivity contribution in [2.75, 3.05) is 32.7 Å². The van der Waals surface area contributed by atoms with E-state index in [9.17, 15) is 9.59 Å². The number of carbonyl (C=O) groups is 2. The first-order chi connectivity index (χ1) is 13.2. The minimum atomic E-state index is -0.605. The van der Waals surface area contributed by atoms with Crippen molar-refractivity contribution in [1.29, 1.82) is 0 Å². The van der Waals surface area contributed by atoms with E-state index in [0.29, 0.717) is 22.5 Å². The topological polar surface area (TPSA) is 53.0 Å². The first-order valence-electron chi connectivity index (χ1n) is 9.47. The van der Waals surface area contributed by atoms with Crippen LogP contribution in [0.1, 0.15) is 27.6 Å². The number of fused-ring (bicyclic) bond motifs is 1. The van der Waals surface area contributed by atoms with Gasteiger partial charge in [-0.15, -0.1) is 0 Å². The molecule has 2 aromatic carbocycles. The molecular weight excluding hydrogens is 338 g/mol. The summed E-state index contributed by atoms with van der Waals surface area (Å²) in [5.41, 5.74) is 2.01. The molecule has 2 aromatic rings. The first-order valence-corrected chi connectivity index (χ1v) is 9.47. The van der Waals surface area contributed by atoms with E-state index < -0.39 is 6.04 Å². The third kappa shape index (κ3) is 3.36. The number of rotatable bonds is 3. The summed E-state index contributed by atoms with van der Waals surface area (Å²) in [5, 5.41) is 0. The predicted molar refractivity (Wildman–Crippen MR) is 106 cm³/mol. The van der Waals surface area contributed by atoms with E-state index in [2.05, 4.69) is 21.7 Å². The standard InChI is InChI=1S/C22H23N3O2/c1-2-24-12-14-25(15-13-24)20-19(23-16-8-4-3-5-9-16)21(26)17-10-6-7-11-18(17)22(20)27/h3-11,20H,2,12-15H2,1H3. The Morgan fingerprint density at radius 2 is 1.52 bits per heavy atom. The van der Waals surface area contributed by atoms with Crippen molar-refractivity contribution in [3.05, 3.63) is 65.7 Å². The van der Waals surface area contributed by atoms with Gasteiger partial charge in [-0.2, -0.15) is 0 Å². The van der Waals surface area contributed by atoms with Crippen molar-refractivity contribution in [2.45, 2.75) is 13.0 Å². The van der Waals surface area contributed by atoms with Gasteiger partial charge in [0.25, 0.3) is 0 Å². The maximum atomic E-state index is 13.3. The Bertz CT molecular complexity index is 883. The second kappa shape index (κ2) is 7.55. The number of aliphatic imine (C=N–C) groups is 1. The molecule has 27 heavy (non-hydrogen) atoms. The number of Topliss-reactive ketones (excluding diaryl/α,β-unsaturated/α-hetero) is 2. The average molecular weight is 361 g/mol. The number of carbonyl (C=O) groups excluding carboxylic acids is 2. The fraction of sp³-hybridized carbons (Fsp3) is 0.318. The SMILES string of the molecule is CCN1CCN(C2C(=O)c3ccccc3C(=O)C2=Nc2ccccc2)CC1. The van der Waals surface area contributed by atoms with Crippen LogP contribution in [0.5, 0.6) is 0 Å². The Hall–Kier alpha value is -2.63. The molecule has 0 aromatic heterocycles. The molecule has 0 spiro atoms. The molecule has 138 valence electrons. The molecular formula is C22H23N3O2. The number of piperazine rings is 1. The Morgan fingerprint density at radius 1 is 0.889 bits per heavy atom. The fourth-order valence-corrected chi connectivity index (χ4v) is 3.86. The molecule has 1 heterocycles. The van der Waals surface area contributed by atoms with Crippen LogP contribution in [-0.4, -0.2) is 65.8 Å². The van der Waals surface area contributed by atoms with Gasteiger partial charge in [-0.05, 0) is 18.7 Å². The first kappa shape index (κ1) is 17.8. The summed E-state index contributed by atoms with van der Waals surface area (Å²) in [6, 6.07) is 15.9. The summed E-state index contributed by atoms with van der Waals surface area (Å²) in [6.45, 7) is 6.45. The van der Waals surface area contributed by atoms with Gasteiger partial charge in [0.2, 0.25) is 5.78 Å². The van der Waals surface area contributed by atoms with E-state index in [-0.39, 0.29) is 11.6 Å². The average Bonchev–Trinajstić information content (AvgIpc) is 2.73. The van der Waals surface area contributed by atoms with Gasteiger partial charge in [-0.25, -0.2) is 4.99 Å². The summed E-state index contributed by atoms with van der Waals surface area (Å²) in [5.74, 6) is -0.165. The lowest BCUT2D eigenvalue weighted by Gasteiger charge is -2.39. The number of para-hydroxylation sites is 1. The molecule has 0 bridgehead atoms. The monoisotopic (exact) mass is 361 g/mol. The maximum Gasteiger partial charge on any atom is 0.210 e. The zero-order valence-corrected chi connectivity index (χ0v) is 15.5. The van der Waals surface area contributed by atoms with Crippen LogP contribution in [0.3, 0.4) is 0 Å². The second-order valence-corrected chi connectivity index (χ2v) is 6.94. The number of nitrogens with zero attached hydrogens (tertiary/aromatic N) is 3. The van der Waals surface area contributed by atoms with Crippen LogP contribution in [0.2, 0.25) is 0 Å². The lowest BCUT2D eigenvalue weighted by molar-refractivity contribution is 0.0756. The Morgan fingerprint density at radius 3 is 2.19 bits per heavy atom. The van der Waals surface area contributed by atoms with Gasteiger partial charge in [0.1, 0.15) is 11.8 Å². The Labute approximate surface area is 159 Å². The molecule has 0 amide bonds. The number of likely N-dealkylation sites (N-methyl/N-ethyl adjacent to an activating group) is 1. The largest absolute Gasteiger partial charge is 0.301 e. The predicted octanol–water partition coefficient (Wildman–Crippen LogP) is 2.84. The minimum absolute atomic E-state index is 0.0233. The molecule has 5 heteroatoms. The van der Waals surface area contributed by atoms with Crippen molar-refractivity contribution < 1.29 is 9.59 Å². The molecule has 1 unspecified atom stereocenters. The van der Waals surface area contributed by atoms with Crippen LogP contribution < -0.4 is 0 Å². The summed E-state index contributed by atoms with van der Waals surface area (Å²) in [6.07, 6.45) is 0. The zero-order chi connectivity index (χ0) is 18.8. The summed E-state index contributed by atoms with van der Waals surface area (Å²) in [7, 11) is 0. The van der Waals surface area contributed by atoms with Crippen LogP contribution in [0.25, 0.3) is 0 Å². The number of hydrogen-bond donors (Lipinski definition) is 0. The van der Waals surface area contributed by atoms with Crippen LogP contribution in [-0.2, 0) is 0 Å². The van der Waals surface area contributed by atoms with Gasteiger partial charge in [-0.3, -0.25) is 14.5 Å². The van der Waals surface area contributed by atoms with Gasteiger partial charge >= 0.3 is 0 Å². The second-order valence-electron chi connectivity index (χ2n) is 6.94. The van der Waals surface area contributed by atoms with E-state index in [1.807, 2.05) is 36.4 Å². The quantitative estimate of drug-likeness (QED) is 0.844. The van der Waals surface area contributed by atoms with Crippen molar-refractivity contribution in [3.8, 4) is 0 Å². The highest BCUT2D eigenvalue weighted by Crippen LogP contribution is 2.26. The lowest BCUT2D eigenvalue weighted by atomic mass is 9.83. The molecule has 1 atom stereocenters. The van der Waals surface area contributed by atoms with Crippen LogP contribution in [0, 0.1) is 0 Å². The molecule has 0 N–H and O–H groups in total. The Balaban J connectivity index is 1.77. The van der Waals surface area contributed by atoms with E-state index in [0.717, 1.165) is 32.7 Å². The van der Waals surface area contributed by atoms with Crippen molar-refractivity contribution in [1.82, 2.24) is 9.80 Å². The molecule has 1 fully saturated rings. The summed E-state index contributed by atoms with van der Waals surface area (Å²) >= 11 is 0. The lowest BCUT2D eigenvalue weighted by Crippen LogP contribution is -2.58. The normalized spacial score (nSPS) is 22.9. The van der Waals surface area contributed by atoms with E-state index in [1.54, 1.807) is 18.2 Å². The minimum Gasteiger partial charge on any atom is -0.301 e. The summed E-state index contributed by atoms with van der Waals surface area (Å²) < 4.78 is 0.